The highest BCUT2D eigenvalue weighted by Crippen LogP contribution is 2.32. The predicted octanol–water partition coefficient (Wildman–Crippen LogP) is 6.67. The number of nitrogens with two attached hydrogens (primary N) is 1. The fraction of sp³-hybridized carbons (Fsp3) is 0.412. The molecule has 43 heavy (non-hydrogen) atoms. The zero-order valence-electron chi connectivity index (χ0n) is 25.2. The lowest BCUT2D eigenvalue weighted by Gasteiger charge is -2.35. The zero-order chi connectivity index (χ0) is 31.2. The fourth-order valence-electron chi connectivity index (χ4n) is 4.62. The number of nitrogen functional groups attached to an aromatic ring is 1. The largest absolute Gasteiger partial charge is 0.492 e. The van der Waals surface area contributed by atoms with Gasteiger partial charge in [-0.2, -0.15) is 0 Å². The van der Waals surface area contributed by atoms with E-state index in [2.05, 4.69) is 22.6 Å². The second-order valence-electron chi connectivity index (χ2n) is 10.7. The van der Waals surface area contributed by atoms with Crippen LogP contribution in [0.2, 0.25) is 10.0 Å². The summed E-state index contributed by atoms with van der Waals surface area (Å²) in [5, 5.41) is 11.9. The van der Waals surface area contributed by atoms with Gasteiger partial charge in [-0.3, -0.25) is 4.90 Å². The van der Waals surface area contributed by atoms with Gasteiger partial charge in [0.1, 0.15) is 37.0 Å². The van der Waals surface area contributed by atoms with E-state index in [0.717, 1.165) is 36.4 Å². The normalized spacial score (nSPS) is 13.5. The Bertz CT molecular complexity index is 1260. The van der Waals surface area contributed by atoms with Crippen LogP contribution in [0.1, 0.15) is 43.4 Å². The number of aliphatic hydroxyl groups excluding tert-OH is 1. The Morgan fingerprint density at radius 3 is 2.26 bits per heavy atom. The third kappa shape index (κ3) is 11.6. The van der Waals surface area contributed by atoms with Gasteiger partial charge in [-0.05, 0) is 68.0 Å². The van der Waals surface area contributed by atoms with Crippen molar-refractivity contribution in [3.05, 3.63) is 87.9 Å². The predicted molar refractivity (Wildman–Crippen MR) is 176 cm³/mol. The maximum Gasteiger partial charge on any atom is 0.119 e. The van der Waals surface area contributed by atoms with E-state index in [1.54, 1.807) is 12.1 Å². The Morgan fingerprint density at radius 2 is 1.65 bits per heavy atom. The summed E-state index contributed by atoms with van der Waals surface area (Å²) in [5.74, 6) is 4.13. The van der Waals surface area contributed by atoms with Gasteiger partial charge in [0.25, 0.3) is 0 Å². The van der Waals surface area contributed by atoms with Crippen molar-refractivity contribution in [2.24, 2.45) is 0 Å². The molecule has 0 spiro atoms. The molecule has 3 aromatic rings. The number of hydrogen-bond acceptors (Lipinski definition) is 7. The first-order chi connectivity index (χ1) is 20.7. The van der Waals surface area contributed by atoms with Crippen molar-refractivity contribution in [2.75, 3.05) is 46.1 Å². The smallest absolute Gasteiger partial charge is 0.119 e. The average molecular weight is 629 g/mol. The third-order valence-electron chi connectivity index (χ3n) is 6.90. The summed E-state index contributed by atoms with van der Waals surface area (Å²) in [6.45, 7) is 4.43. The van der Waals surface area contributed by atoms with Crippen LogP contribution in [0, 0.1) is 12.3 Å². The lowest BCUT2D eigenvalue weighted by Crippen LogP contribution is -2.42. The Kier molecular flexibility index (Phi) is 14.4. The molecule has 0 saturated heterocycles. The van der Waals surface area contributed by atoms with Crippen molar-refractivity contribution in [1.29, 1.82) is 0 Å². The van der Waals surface area contributed by atoms with Crippen LogP contribution in [0.15, 0.2) is 66.7 Å². The SMILES string of the molecule is C#CCOC(CC(CCC)Oc1ccc(OCCN(C)C)cc1)N(Cc1ccccc1)CC(O)c1cc(Cl)c(N)c(Cl)c1. The Balaban J connectivity index is 1.82. The molecular weight excluding hydrogens is 585 g/mol. The minimum atomic E-state index is -0.915. The molecule has 0 aromatic heterocycles. The van der Waals surface area contributed by atoms with Crippen LogP contribution in [0.25, 0.3) is 0 Å². The number of rotatable bonds is 18. The summed E-state index contributed by atoms with van der Waals surface area (Å²) in [6, 6.07) is 21.0. The van der Waals surface area contributed by atoms with Gasteiger partial charge in [-0.1, -0.05) is 72.8 Å². The van der Waals surface area contributed by atoms with Gasteiger partial charge < -0.3 is 30.0 Å². The average Bonchev–Trinajstić information content (AvgIpc) is 2.98. The van der Waals surface area contributed by atoms with Crippen molar-refractivity contribution < 1.29 is 19.3 Å². The van der Waals surface area contributed by atoms with E-state index in [1.807, 2.05) is 68.7 Å². The molecule has 0 fully saturated rings. The maximum absolute atomic E-state index is 11.3. The number of likely N-dealkylation sites (N-methyl/N-ethyl adjacent to an activating group) is 1. The number of aliphatic hydroxyl groups is 1. The van der Waals surface area contributed by atoms with E-state index >= 15 is 0 Å². The topological polar surface area (TPSA) is 80.4 Å². The number of anilines is 1. The number of benzene rings is 3. The van der Waals surface area contributed by atoms with Gasteiger partial charge in [0.15, 0.2) is 0 Å². The molecule has 3 unspecified atom stereocenters. The van der Waals surface area contributed by atoms with Gasteiger partial charge in [-0.25, -0.2) is 0 Å². The first kappa shape index (κ1) is 34.5. The van der Waals surface area contributed by atoms with Gasteiger partial charge >= 0.3 is 0 Å². The molecule has 232 valence electrons. The molecule has 0 radical (unpaired) electrons. The summed E-state index contributed by atoms with van der Waals surface area (Å²) in [6.07, 6.45) is 6.34. The maximum atomic E-state index is 11.3. The van der Waals surface area contributed by atoms with Crippen molar-refractivity contribution in [2.45, 2.75) is 51.2 Å². The highest BCUT2D eigenvalue weighted by Gasteiger charge is 2.27. The van der Waals surface area contributed by atoms with E-state index in [9.17, 15) is 5.11 Å². The van der Waals surface area contributed by atoms with Crippen LogP contribution >= 0.6 is 23.2 Å². The minimum Gasteiger partial charge on any atom is -0.492 e. The number of ether oxygens (including phenoxy) is 3. The number of halogens is 2. The van der Waals surface area contributed by atoms with Crippen LogP contribution < -0.4 is 15.2 Å². The first-order valence-corrected chi connectivity index (χ1v) is 15.3. The highest BCUT2D eigenvalue weighted by molar-refractivity contribution is 6.38. The van der Waals surface area contributed by atoms with Crippen LogP contribution in [0.5, 0.6) is 11.5 Å². The lowest BCUT2D eigenvalue weighted by molar-refractivity contribution is -0.0868. The third-order valence-corrected chi connectivity index (χ3v) is 7.52. The minimum absolute atomic E-state index is 0.114. The second-order valence-corrected chi connectivity index (χ2v) is 11.5. The standard InChI is InChI=1S/C34H43Cl2N3O4/c1-5-10-29(43-28-15-13-27(14-16-28)41-19-17-38(3)4)22-33(42-18-6-2)39(23-25-11-8-7-9-12-25)24-32(40)26-20-30(35)34(37)31(36)21-26/h2,7-9,11-16,20-21,29,32-33,40H,5,10,17-19,22-24,37H2,1,3-4H3. The molecule has 7 nitrogen and oxygen atoms in total. The molecule has 0 amide bonds. The van der Waals surface area contributed by atoms with Gasteiger partial charge in [-0.15, -0.1) is 6.42 Å². The van der Waals surface area contributed by atoms with Crippen molar-refractivity contribution in [3.63, 3.8) is 0 Å². The molecule has 0 aliphatic carbocycles. The molecule has 0 bridgehead atoms. The van der Waals surface area contributed by atoms with Crippen molar-refractivity contribution in [1.82, 2.24) is 9.80 Å². The van der Waals surface area contributed by atoms with Gasteiger partial charge in [0, 0.05) is 26.1 Å². The molecule has 3 N–H and O–H groups in total. The monoisotopic (exact) mass is 627 g/mol. The van der Waals surface area contributed by atoms with Crippen LogP contribution in [0.3, 0.4) is 0 Å². The molecule has 0 aliphatic heterocycles. The fourth-order valence-corrected chi connectivity index (χ4v) is 5.12. The second kappa shape index (κ2) is 18.0. The summed E-state index contributed by atoms with van der Waals surface area (Å²) in [4.78, 5) is 4.15. The molecule has 3 rings (SSSR count). The number of hydrogen-bond donors (Lipinski definition) is 2. The van der Waals surface area contributed by atoms with E-state index < -0.39 is 12.3 Å². The Morgan fingerprint density at radius 1 is 1.00 bits per heavy atom. The summed E-state index contributed by atoms with van der Waals surface area (Å²) >= 11 is 12.6. The zero-order valence-corrected chi connectivity index (χ0v) is 26.7. The van der Waals surface area contributed by atoms with Crippen LogP contribution in [0.4, 0.5) is 5.69 Å². The molecule has 0 heterocycles. The molecule has 0 saturated carbocycles. The molecule has 3 aromatic carbocycles. The quantitative estimate of drug-likeness (QED) is 0.0926. The summed E-state index contributed by atoms with van der Waals surface area (Å²) in [7, 11) is 4.03. The molecule has 3 atom stereocenters. The van der Waals surface area contributed by atoms with Crippen LogP contribution in [-0.2, 0) is 11.3 Å². The van der Waals surface area contributed by atoms with E-state index in [1.165, 1.54) is 0 Å². The van der Waals surface area contributed by atoms with E-state index in [-0.39, 0.29) is 24.9 Å². The van der Waals surface area contributed by atoms with Crippen molar-refractivity contribution >= 4 is 28.9 Å². The first-order valence-electron chi connectivity index (χ1n) is 14.5. The van der Waals surface area contributed by atoms with E-state index in [4.69, 9.17) is 49.6 Å². The molecular formula is C34H43Cl2N3O4. The summed E-state index contributed by atoms with van der Waals surface area (Å²) < 4.78 is 18.5. The number of terminal acetylenes is 1. The molecule has 0 aliphatic rings. The van der Waals surface area contributed by atoms with Gasteiger partial charge in [0.2, 0.25) is 0 Å². The Hall–Kier alpha value is -2.96. The van der Waals surface area contributed by atoms with E-state index in [0.29, 0.717) is 35.2 Å². The Labute approximate surface area is 266 Å². The molecule has 9 heteroatoms. The highest BCUT2D eigenvalue weighted by atomic mass is 35.5. The van der Waals surface area contributed by atoms with Gasteiger partial charge in [0.05, 0.1) is 21.8 Å². The van der Waals surface area contributed by atoms with Crippen molar-refractivity contribution in [3.8, 4) is 23.8 Å². The number of nitrogens with zero attached hydrogens (tertiary/aromatic N) is 2. The lowest BCUT2D eigenvalue weighted by atomic mass is 10.1. The summed E-state index contributed by atoms with van der Waals surface area (Å²) in [5.41, 5.74) is 7.84. The van der Waals surface area contributed by atoms with Crippen LogP contribution in [-0.4, -0.2) is 67.6 Å².